The molecule has 1 saturated heterocycles. The summed E-state index contributed by atoms with van der Waals surface area (Å²) in [6, 6.07) is 9.84. The van der Waals surface area contributed by atoms with Gasteiger partial charge < -0.3 is 10.2 Å². The highest BCUT2D eigenvalue weighted by Crippen LogP contribution is 2.18. The van der Waals surface area contributed by atoms with Gasteiger partial charge in [0.2, 0.25) is 0 Å². The number of ketones is 1. The van der Waals surface area contributed by atoms with Gasteiger partial charge in [0.05, 0.1) is 0 Å². The first kappa shape index (κ1) is 18.8. The molecule has 1 aliphatic heterocycles. The summed E-state index contributed by atoms with van der Waals surface area (Å²) in [7, 11) is 0. The van der Waals surface area contributed by atoms with Gasteiger partial charge in [0.1, 0.15) is 5.69 Å². The molecule has 0 aliphatic carbocycles. The minimum Gasteiger partial charge on any atom is -0.337 e. The van der Waals surface area contributed by atoms with Crippen LogP contribution in [0.15, 0.2) is 42.6 Å². The lowest BCUT2D eigenvalue weighted by molar-refractivity contribution is 0.0677. The summed E-state index contributed by atoms with van der Waals surface area (Å²) in [6.45, 7) is 5.04. The van der Waals surface area contributed by atoms with E-state index in [1.165, 1.54) is 19.2 Å². The zero-order valence-corrected chi connectivity index (χ0v) is 15.6. The highest BCUT2D eigenvalue weighted by Gasteiger charge is 2.23. The van der Waals surface area contributed by atoms with Crippen LogP contribution in [0.2, 0.25) is 0 Å². The standard InChI is InChI=1S/C21H23N3O3/c1-14-5-4-10-24(13-14)21(27)19-12-17(8-9-22-19)20(26)23-18-7-3-6-16(11-18)15(2)25/h3,6-9,11-12,14H,4-5,10,13H2,1-2H3,(H,23,26). The summed E-state index contributed by atoms with van der Waals surface area (Å²) in [5.74, 6) is -0.0877. The second-order valence-corrected chi connectivity index (χ2v) is 7.02. The quantitative estimate of drug-likeness (QED) is 0.842. The Morgan fingerprint density at radius 2 is 1.96 bits per heavy atom. The molecule has 0 saturated carbocycles. The van der Waals surface area contributed by atoms with Crippen molar-refractivity contribution in [3.8, 4) is 0 Å². The number of piperidine rings is 1. The number of nitrogens with zero attached hydrogens (tertiary/aromatic N) is 2. The molecular formula is C21H23N3O3. The van der Waals surface area contributed by atoms with Gasteiger partial charge in [0, 0.05) is 36.1 Å². The zero-order chi connectivity index (χ0) is 19.4. The van der Waals surface area contributed by atoms with E-state index < -0.39 is 0 Å². The molecule has 2 heterocycles. The second-order valence-electron chi connectivity index (χ2n) is 7.02. The molecule has 6 nitrogen and oxygen atoms in total. The summed E-state index contributed by atoms with van der Waals surface area (Å²) in [4.78, 5) is 42.7. The van der Waals surface area contributed by atoms with Crippen molar-refractivity contribution in [1.82, 2.24) is 9.88 Å². The van der Waals surface area contributed by atoms with Gasteiger partial charge >= 0.3 is 0 Å². The van der Waals surface area contributed by atoms with Gasteiger partial charge in [0.25, 0.3) is 11.8 Å². The summed E-state index contributed by atoms with van der Waals surface area (Å²) >= 11 is 0. The van der Waals surface area contributed by atoms with Gasteiger partial charge in [-0.3, -0.25) is 19.4 Å². The van der Waals surface area contributed by atoms with E-state index in [1.54, 1.807) is 35.2 Å². The van der Waals surface area contributed by atoms with Crippen molar-refractivity contribution >= 4 is 23.3 Å². The molecule has 1 fully saturated rings. The summed E-state index contributed by atoms with van der Waals surface area (Å²) in [5, 5.41) is 2.76. The molecule has 1 atom stereocenters. The topological polar surface area (TPSA) is 79.4 Å². The average Bonchev–Trinajstić information content (AvgIpc) is 2.67. The molecule has 1 aromatic carbocycles. The number of hydrogen-bond acceptors (Lipinski definition) is 4. The molecule has 140 valence electrons. The SMILES string of the molecule is CC(=O)c1cccc(NC(=O)c2ccnc(C(=O)N3CCCC(C)C3)c2)c1. The third kappa shape index (κ3) is 4.58. The minimum absolute atomic E-state index is 0.0707. The van der Waals surface area contributed by atoms with E-state index >= 15 is 0 Å². The van der Waals surface area contributed by atoms with Gasteiger partial charge in [-0.2, -0.15) is 0 Å². The van der Waals surface area contributed by atoms with Crippen LogP contribution in [0.25, 0.3) is 0 Å². The molecule has 2 amide bonds. The van der Waals surface area contributed by atoms with Crippen LogP contribution in [0.4, 0.5) is 5.69 Å². The maximum absolute atomic E-state index is 12.7. The number of hydrogen-bond donors (Lipinski definition) is 1. The van der Waals surface area contributed by atoms with E-state index in [-0.39, 0.29) is 23.3 Å². The molecule has 6 heteroatoms. The fraction of sp³-hybridized carbons (Fsp3) is 0.333. The van der Waals surface area contributed by atoms with Gasteiger partial charge in [-0.15, -0.1) is 0 Å². The smallest absolute Gasteiger partial charge is 0.272 e. The summed E-state index contributed by atoms with van der Waals surface area (Å²) in [6.07, 6.45) is 3.58. The maximum Gasteiger partial charge on any atom is 0.272 e. The first-order valence-corrected chi connectivity index (χ1v) is 9.11. The van der Waals surface area contributed by atoms with Crippen LogP contribution in [-0.4, -0.2) is 40.6 Å². The molecule has 1 aliphatic rings. The molecular weight excluding hydrogens is 342 g/mol. The predicted molar refractivity (Wildman–Crippen MR) is 103 cm³/mol. The molecule has 27 heavy (non-hydrogen) atoms. The normalized spacial score (nSPS) is 16.7. The van der Waals surface area contributed by atoms with E-state index in [1.807, 2.05) is 0 Å². The molecule has 0 spiro atoms. The fourth-order valence-corrected chi connectivity index (χ4v) is 3.24. The van der Waals surface area contributed by atoms with Gasteiger partial charge in [-0.25, -0.2) is 0 Å². The van der Waals surface area contributed by atoms with Crippen LogP contribution < -0.4 is 5.32 Å². The highest BCUT2D eigenvalue weighted by molar-refractivity contribution is 6.06. The first-order valence-electron chi connectivity index (χ1n) is 9.11. The van der Waals surface area contributed by atoms with Crippen LogP contribution >= 0.6 is 0 Å². The number of pyridine rings is 1. The van der Waals surface area contributed by atoms with Crippen LogP contribution in [0.5, 0.6) is 0 Å². The van der Waals surface area contributed by atoms with Crippen molar-refractivity contribution in [2.75, 3.05) is 18.4 Å². The Labute approximate surface area is 158 Å². The van der Waals surface area contributed by atoms with Crippen molar-refractivity contribution in [1.29, 1.82) is 0 Å². The van der Waals surface area contributed by atoms with Crippen LogP contribution in [0, 0.1) is 5.92 Å². The Kier molecular flexibility index (Phi) is 5.64. The van der Waals surface area contributed by atoms with Crippen molar-refractivity contribution in [3.63, 3.8) is 0 Å². The maximum atomic E-state index is 12.7. The lowest BCUT2D eigenvalue weighted by Gasteiger charge is -2.30. The number of nitrogens with one attached hydrogen (secondary N) is 1. The Bertz CT molecular complexity index is 878. The number of aromatic nitrogens is 1. The molecule has 1 aromatic heterocycles. The summed E-state index contributed by atoms with van der Waals surface area (Å²) in [5.41, 5.74) is 1.68. The van der Waals surface area contributed by atoms with E-state index in [0.29, 0.717) is 22.7 Å². The van der Waals surface area contributed by atoms with Crippen molar-refractivity contribution in [3.05, 3.63) is 59.4 Å². The van der Waals surface area contributed by atoms with Crippen molar-refractivity contribution in [2.45, 2.75) is 26.7 Å². The Morgan fingerprint density at radius 3 is 2.70 bits per heavy atom. The third-order valence-corrected chi connectivity index (χ3v) is 4.71. The largest absolute Gasteiger partial charge is 0.337 e. The lowest BCUT2D eigenvalue weighted by Crippen LogP contribution is -2.39. The number of amides is 2. The molecule has 1 N–H and O–H groups in total. The number of carbonyl (C=O) groups is 3. The van der Waals surface area contributed by atoms with Crippen molar-refractivity contribution in [2.24, 2.45) is 5.92 Å². The Morgan fingerprint density at radius 1 is 1.15 bits per heavy atom. The number of likely N-dealkylation sites (tertiary alicyclic amines) is 1. The highest BCUT2D eigenvalue weighted by atomic mass is 16.2. The predicted octanol–water partition coefficient (Wildman–Crippen LogP) is 3.41. The van der Waals surface area contributed by atoms with Gasteiger partial charge in [0.15, 0.2) is 5.78 Å². The van der Waals surface area contributed by atoms with Crippen LogP contribution in [0.1, 0.15) is 57.9 Å². The zero-order valence-electron chi connectivity index (χ0n) is 15.6. The van der Waals surface area contributed by atoms with Crippen molar-refractivity contribution < 1.29 is 14.4 Å². The number of benzene rings is 1. The number of carbonyl (C=O) groups excluding carboxylic acids is 3. The first-order chi connectivity index (χ1) is 12.9. The van der Waals surface area contributed by atoms with E-state index in [4.69, 9.17) is 0 Å². The Hall–Kier alpha value is -3.02. The van der Waals surface area contributed by atoms with Crippen LogP contribution in [0.3, 0.4) is 0 Å². The monoisotopic (exact) mass is 365 g/mol. The number of anilines is 1. The molecule has 1 unspecified atom stereocenters. The van der Waals surface area contributed by atoms with Gasteiger partial charge in [-0.1, -0.05) is 19.1 Å². The molecule has 0 radical (unpaired) electrons. The fourth-order valence-electron chi connectivity index (χ4n) is 3.24. The van der Waals surface area contributed by atoms with E-state index in [2.05, 4.69) is 17.2 Å². The molecule has 3 rings (SSSR count). The second kappa shape index (κ2) is 8.12. The molecule has 2 aromatic rings. The van der Waals surface area contributed by atoms with E-state index in [0.717, 1.165) is 25.9 Å². The number of Topliss-reactive ketones (excluding diaryl/α,β-unsaturated/α-hetero) is 1. The lowest BCUT2D eigenvalue weighted by atomic mass is 10.00. The average molecular weight is 365 g/mol. The third-order valence-electron chi connectivity index (χ3n) is 4.71. The number of rotatable bonds is 4. The Balaban J connectivity index is 1.74. The minimum atomic E-state index is -0.348. The van der Waals surface area contributed by atoms with Crippen LogP contribution in [-0.2, 0) is 0 Å². The van der Waals surface area contributed by atoms with E-state index in [9.17, 15) is 14.4 Å². The molecule has 0 bridgehead atoms. The van der Waals surface area contributed by atoms with Gasteiger partial charge in [-0.05, 0) is 49.9 Å². The summed E-state index contributed by atoms with van der Waals surface area (Å²) < 4.78 is 0.